The van der Waals surface area contributed by atoms with Gasteiger partial charge in [0.15, 0.2) is 5.82 Å². The zero-order valence-electron chi connectivity index (χ0n) is 4.39. The number of hydrogen-bond acceptors (Lipinski definition) is 3. The van der Waals surface area contributed by atoms with Crippen LogP contribution < -0.4 is 11.4 Å². The lowest BCUT2D eigenvalue weighted by Crippen LogP contribution is -2.12. The maximum absolute atomic E-state index is 12.1. The fourth-order valence-electron chi connectivity index (χ4n) is 0.392. The summed E-state index contributed by atoms with van der Waals surface area (Å²) in [7, 11) is 0. The lowest BCUT2D eigenvalue weighted by molar-refractivity contribution is 0.617. The van der Waals surface area contributed by atoms with Crippen molar-refractivity contribution in [2.24, 2.45) is 0 Å². The first-order chi connectivity index (χ1) is 4.20. The second kappa shape index (κ2) is 2.95. The van der Waals surface area contributed by atoms with Gasteiger partial charge < -0.3 is 5.73 Å². The molecule has 0 unspecified atom stereocenters. The SMILES string of the molecule is C.Nc1[nH]c(=O)ncc1F. The Hall–Kier alpha value is -1.39. The number of nitrogens with one attached hydrogen (secondary N) is 1. The fraction of sp³-hybridized carbons (Fsp3) is 0.200. The second-order valence-electron chi connectivity index (χ2n) is 1.45. The lowest BCUT2D eigenvalue weighted by Gasteiger charge is -1.89. The number of anilines is 1. The molecule has 1 heterocycles. The van der Waals surface area contributed by atoms with Gasteiger partial charge in [-0.25, -0.2) is 9.18 Å². The molecule has 0 saturated heterocycles. The molecule has 5 heteroatoms. The summed E-state index contributed by atoms with van der Waals surface area (Å²) in [5.41, 5.74) is 4.31. The van der Waals surface area contributed by atoms with Gasteiger partial charge in [0.1, 0.15) is 5.82 Å². The van der Waals surface area contributed by atoms with Gasteiger partial charge in [0, 0.05) is 0 Å². The van der Waals surface area contributed by atoms with E-state index in [-0.39, 0.29) is 13.2 Å². The van der Waals surface area contributed by atoms with Crippen molar-refractivity contribution in [3.05, 3.63) is 22.5 Å². The van der Waals surface area contributed by atoms with Crippen molar-refractivity contribution in [2.45, 2.75) is 7.43 Å². The van der Waals surface area contributed by atoms with E-state index in [0.29, 0.717) is 0 Å². The summed E-state index contributed by atoms with van der Waals surface area (Å²) in [6.45, 7) is 0. The van der Waals surface area contributed by atoms with E-state index in [9.17, 15) is 9.18 Å². The maximum Gasteiger partial charge on any atom is 0.346 e. The van der Waals surface area contributed by atoms with Crippen LogP contribution in [0.2, 0.25) is 0 Å². The second-order valence-corrected chi connectivity index (χ2v) is 1.45. The summed E-state index contributed by atoms with van der Waals surface area (Å²) in [6.07, 6.45) is 0.772. The van der Waals surface area contributed by atoms with Crippen LogP contribution in [0.1, 0.15) is 7.43 Å². The van der Waals surface area contributed by atoms with Crippen molar-refractivity contribution in [1.82, 2.24) is 9.97 Å². The molecule has 3 N–H and O–H groups in total. The normalized spacial score (nSPS) is 8.50. The monoisotopic (exact) mass is 145 g/mol. The Labute approximate surface area is 56.9 Å². The molecule has 1 rings (SSSR count). The van der Waals surface area contributed by atoms with Gasteiger partial charge in [-0.2, -0.15) is 4.98 Å². The van der Waals surface area contributed by atoms with Crippen LogP contribution in [-0.4, -0.2) is 9.97 Å². The van der Waals surface area contributed by atoms with Crippen LogP contribution in [-0.2, 0) is 0 Å². The van der Waals surface area contributed by atoms with E-state index >= 15 is 0 Å². The Balaban J connectivity index is 0.000000810. The average Bonchev–Trinajstić information content (AvgIpc) is 1.80. The largest absolute Gasteiger partial charge is 0.383 e. The third kappa shape index (κ3) is 1.54. The molecule has 10 heavy (non-hydrogen) atoms. The van der Waals surface area contributed by atoms with Crippen LogP contribution in [0.3, 0.4) is 0 Å². The molecule has 0 atom stereocenters. The molecule has 0 saturated carbocycles. The minimum absolute atomic E-state index is 0. The van der Waals surface area contributed by atoms with Crippen LogP contribution in [0.15, 0.2) is 11.0 Å². The number of nitrogens with zero attached hydrogens (tertiary/aromatic N) is 1. The highest BCUT2D eigenvalue weighted by Crippen LogP contribution is 1.96. The van der Waals surface area contributed by atoms with E-state index in [1.165, 1.54) is 0 Å². The zero-order chi connectivity index (χ0) is 6.85. The Bertz CT molecular complexity index is 270. The highest BCUT2D eigenvalue weighted by Gasteiger charge is 1.95. The van der Waals surface area contributed by atoms with Gasteiger partial charge in [-0.1, -0.05) is 7.43 Å². The van der Waals surface area contributed by atoms with E-state index in [0.717, 1.165) is 6.20 Å². The molecule has 4 nitrogen and oxygen atoms in total. The Kier molecular flexibility index (Phi) is 2.54. The molecule has 0 aromatic carbocycles. The molecule has 56 valence electrons. The maximum atomic E-state index is 12.1. The topological polar surface area (TPSA) is 71.8 Å². The van der Waals surface area contributed by atoms with E-state index in [4.69, 9.17) is 5.73 Å². The van der Waals surface area contributed by atoms with Crippen LogP contribution in [0.5, 0.6) is 0 Å². The number of aromatic nitrogens is 2. The molecule has 0 radical (unpaired) electrons. The van der Waals surface area contributed by atoms with Crippen molar-refractivity contribution in [3.63, 3.8) is 0 Å². The smallest absolute Gasteiger partial charge is 0.346 e. The van der Waals surface area contributed by atoms with Crippen LogP contribution in [0, 0.1) is 5.82 Å². The summed E-state index contributed by atoms with van der Waals surface area (Å²) in [5, 5.41) is 0. The molecule has 0 aliphatic carbocycles. The van der Waals surface area contributed by atoms with Gasteiger partial charge in [0.25, 0.3) is 0 Å². The molecule has 0 spiro atoms. The molecule has 0 aliphatic heterocycles. The first-order valence-electron chi connectivity index (χ1n) is 2.20. The first-order valence-corrected chi connectivity index (χ1v) is 2.20. The number of halogens is 1. The number of H-pyrrole nitrogens is 1. The summed E-state index contributed by atoms with van der Waals surface area (Å²) in [4.78, 5) is 15.3. The molecule has 0 amide bonds. The molecule has 0 fully saturated rings. The molecular weight excluding hydrogens is 137 g/mol. The van der Waals surface area contributed by atoms with Crippen LogP contribution in [0.4, 0.5) is 10.2 Å². The Morgan fingerprint density at radius 3 is 2.70 bits per heavy atom. The van der Waals surface area contributed by atoms with Crippen molar-refractivity contribution in [2.75, 3.05) is 5.73 Å². The highest BCUT2D eigenvalue weighted by atomic mass is 19.1. The average molecular weight is 145 g/mol. The molecule has 0 bridgehead atoms. The minimum atomic E-state index is -0.713. The minimum Gasteiger partial charge on any atom is -0.383 e. The summed E-state index contributed by atoms with van der Waals surface area (Å²) in [6, 6.07) is 0. The predicted molar refractivity (Wildman–Crippen MR) is 36.0 cm³/mol. The third-order valence-electron chi connectivity index (χ3n) is 0.794. The van der Waals surface area contributed by atoms with Crippen molar-refractivity contribution in [1.29, 1.82) is 0 Å². The predicted octanol–water partition coefficient (Wildman–Crippen LogP) is 0.127. The van der Waals surface area contributed by atoms with Gasteiger partial charge >= 0.3 is 5.69 Å². The first kappa shape index (κ1) is 8.61. The fourth-order valence-corrected chi connectivity index (χ4v) is 0.392. The van der Waals surface area contributed by atoms with E-state index < -0.39 is 11.5 Å². The van der Waals surface area contributed by atoms with Gasteiger partial charge in [-0.3, -0.25) is 4.98 Å². The molecular formula is C5H8FN3O. The summed E-state index contributed by atoms with van der Waals surface area (Å²) < 4.78 is 12.1. The molecule has 1 aromatic rings. The van der Waals surface area contributed by atoms with Crippen molar-refractivity contribution >= 4 is 5.82 Å². The highest BCUT2D eigenvalue weighted by molar-refractivity contribution is 5.25. The van der Waals surface area contributed by atoms with Crippen LogP contribution in [0.25, 0.3) is 0 Å². The van der Waals surface area contributed by atoms with E-state index in [2.05, 4.69) is 4.98 Å². The standard InChI is InChI=1S/C4H4FN3O.CH4/c5-2-1-7-4(9)8-3(2)6;/h1H,(H3,6,7,8,9);1H4. The van der Waals surface area contributed by atoms with Gasteiger partial charge in [0.05, 0.1) is 6.20 Å². The Morgan fingerprint density at radius 1 is 1.70 bits per heavy atom. The number of nitrogen functional groups attached to an aromatic ring is 1. The molecule has 0 aliphatic rings. The van der Waals surface area contributed by atoms with E-state index in [1.807, 2.05) is 4.98 Å². The molecule has 1 aromatic heterocycles. The third-order valence-corrected chi connectivity index (χ3v) is 0.794. The van der Waals surface area contributed by atoms with Gasteiger partial charge in [0.2, 0.25) is 0 Å². The number of rotatable bonds is 0. The number of hydrogen-bond donors (Lipinski definition) is 2. The zero-order valence-corrected chi connectivity index (χ0v) is 4.39. The van der Waals surface area contributed by atoms with Gasteiger partial charge in [-0.05, 0) is 0 Å². The lowest BCUT2D eigenvalue weighted by atomic mass is 10.6. The van der Waals surface area contributed by atoms with Crippen LogP contribution >= 0.6 is 0 Å². The van der Waals surface area contributed by atoms with Crippen molar-refractivity contribution in [3.8, 4) is 0 Å². The number of aromatic amines is 1. The van der Waals surface area contributed by atoms with Gasteiger partial charge in [-0.15, -0.1) is 0 Å². The summed E-state index contributed by atoms with van der Waals surface area (Å²) in [5.74, 6) is -0.996. The quantitative estimate of drug-likeness (QED) is 0.545. The Morgan fingerprint density at radius 2 is 2.30 bits per heavy atom. The summed E-state index contributed by atoms with van der Waals surface area (Å²) >= 11 is 0. The number of nitrogens with two attached hydrogens (primary N) is 1. The van der Waals surface area contributed by atoms with Crippen molar-refractivity contribution < 1.29 is 4.39 Å². The van der Waals surface area contributed by atoms with E-state index in [1.54, 1.807) is 0 Å².